The topological polar surface area (TPSA) is 66.9 Å². The van der Waals surface area contributed by atoms with Gasteiger partial charge in [-0.3, -0.25) is 19.3 Å². The number of thioether (sulfide) groups is 1. The Morgan fingerprint density at radius 1 is 1.28 bits per heavy atom. The molecule has 1 aliphatic heterocycles. The van der Waals surface area contributed by atoms with Crippen LogP contribution in [0.3, 0.4) is 0 Å². The zero-order chi connectivity index (χ0) is 21.4. The van der Waals surface area contributed by atoms with E-state index in [9.17, 15) is 14.4 Å². The molecule has 0 bridgehead atoms. The predicted molar refractivity (Wildman–Crippen MR) is 117 cm³/mol. The molecule has 1 heterocycles. The average molecular weight is 437 g/mol. The van der Waals surface area contributed by atoms with Crippen LogP contribution in [0.15, 0.2) is 35.8 Å². The summed E-state index contributed by atoms with van der Waals surface area (Å²) in [6.07, 6.45) is 4.85. The van der Waals surface area contributed by atoms with Crippen molar-refractivity contribution in [2.45, 2.75) is 26.7 Å². The largest absolute Gasteiger partial charge is 0.488 e. The molecule has 6 nitrogen and oxygen atoms in total. The second kappa shape index (κ2) is 11.1. The van der Waals surface area contributed by atoms with Gasteiger partial charge < -0.3 is 9.64 Å². The molecule has 3 amide bonds. The highest BCUT2D eigenvalue weighted by atomic mass is 35.5. The number of imide groups is 1. The minimum Gasteiger partial charge on any atom is -0.488 e. The maximum Gasteiger partial charge on any atom is 0.294 e. The molecule has 0 aromatic heterocycles. The van der Waals surface area contributed by atoms with Crippen LogP contribution < -0.4 is 4.74 Å². The van der Waals surface area contributed by atoms with E-state index in [1.165, 1.54) is 0 Å². The van der Waals surface area contributed by atoms with Gasteiger partial charge >= 0.3 is 0 Å². The molecule has 1 fully saturated rings. The van der Waals surface area contributed by atoms with Gasteiger partial charge in [0.1, 0.15) is 18.9 Å². The summed E-state index contributed by atoms with van der Waals surface area (Å²) in [5.74, 6) is -0.178. The number of rotatable bonds is 10. The van der Waals surface area contributed by atoms with Gasteiger partial charge in [0.05, 0.1) is 9.93 Å². The number of carbonyl (C=O) groups is 3. The fraction of sp³-hybridized carbons (Fsp3) is 0.381. The Labute approximate surface area is 180 Å². The molecule has 0 aliphatic carbocycles. The molecule has 1 aliphatic rings. The van der Waals surface area contributed by atoms with Crippen molar-refractivity contribution >= 4 is 46.5 Å². The molecular weight excluding hydrogens is 412 g/mol. The van der Waals surface area contributed by atoms with E-state index >= 15 is 0 Å². The first-order chi connectivity index (χ1) is 13.9. The average Bonchev–Trinajstić information content (AvgIpc) is 2.94. The van der Waals surface area contributed by atoms with Crippen molar-refractivity contribution in [1.29, 1.82) is 0 Å². The molecule has 0 saturated carbocycles. The summed E-state index contributed by atoms with van der Waals surface area (Å²) in [7, 11) is 0. The molecule has 2 rings (SSSR count). The Hall–Kier alpha value is -2.25. The Bertz CT molecular complexity index is 819. The molecule has 8 heteroatoms. The number of carbonyl (C=O) groups excluding carboxylic acids is 3. The van der Waals surface area contributed by atoms with E-state index in [0.29, 0.717) is 36.0 Å². The molecule has 156 valence electrons. The van der Waals surface area contributed by atoms with Crippen molar-refractivity contribution in [3.8, 4) is 5.75 Å². The van der Waals surface area contributed by atoms with Gasteiger partial charge in [-0.2, -0.15) is 0 Å². The molecule has 1 aromatic carbocycles. The Morgan fingerprint density at radius 2 is 1.97 bits per heavy atom. The molecule has 29 heavy (non-hydrogen) atoms. The first-order valence-electron chi connectivity index (χ1n) is 9.47. The molecule has 0 radical (unpaired) electrons. The third-order valence-corrected chi connectivity index (χ3v) is 5.32. The third kappa shape index (κ3) is 6.11. The highest BCUT2D eigenvalue weighted by Crippen LogP contribution is 2.33. The van der Waals surface area contributed by atoms with Crippen molar-refractivity contribution in [1.82, 2.24) is 9.80 Å². The van der Waals surface area contributed by atoms with Crippen molar-refractivity contribution in [2.75, 3.05) is 26.2 Å². The van der Waals surface area contributed by atoms with Gasteiger partial charge in [-0.25, -0.2) is 0 Å². The number of ether oxygens (including phenoxy) is 1. The molecule has 0 spiro atoms. The van der Waals surface area contributed by atoms with Gasteiger partial charge in [0.15, 0.2) is 0 Å². The van der Waals surface area contributed by atoms with Crippen molar-refractivity contribution < 1.29 is 19.1 Å². The summed E-state index contributed by atoms with van der Waals surface area (Å²) in [6.45, 7) is 8.86. The maximum absolute atomic E-state index is 12.7. The molecule has 1 aromatic rings. The SMILES string of the molecule is C=CCOc1ccc(/C=C2\SC(=O)N(CC(=O)N(CCC)CCC)C2=O)cc1Cl. The van der Waals surface area contributed by atoms with Gasteiger partial charge in [0.25, 0.3) is 11.1 Å². The van der Waals surface area contributed by atoms with E-state index in [0.717, 1.165) is 29.5 Å². The van der Waals surface area contributed by atoms with Crippen LogP contribution in [0.5, 0.6) is 5.75 Å². The van der Waals surface area contributed by atoms with E-state index in [2.05, 4.69) is 6.58 Å². The zero-order valence-electron chi connectivity index (χ0n) is 16.7. The van der Waals surface area contributed by atoms with Crippen LogP contribution in [-0.4, -0.2) is 53.1 Å². The molecule has 0 atom stereocenters. The third-order valence-electron chi connectivity index (χ3n) is 4.12. The van der Waals surface area contributed by atoms with Gasteiger partial charge in [-0.05, 0) is 48.4 Å². The zero-order valence-corrected chi connectivity index (χ0v) is 18.2. The standard InChI is InChI=1S/C21H25ClN2O4S/c1-4-9-23(10-5-2)19(25)14-24-20(26)18(29-21(24)27)13-15-7-8-17(16(22)12-15)28-11-6-3/h6-8,12-13H,3-5,9-11,14H2,1-2H3/b18-13-. The second-order valence-corrected chi connectivity index (χ2v) is 7.84. The maximum atomic E-state index is 12.7. The minimum atomic E-state index is -0.468. The number of hydrogen-bond donors (Lipinski definition) is 0. The second-order valence-electron chi connectivity index (χ2n) is 6.44. The minimum absolute atomic E-state index is 0.219. The quantitative estimate of drug-likeness (QED) is 0.396. The molecule has 0 N–H and O–H groups in total. The molecular formula is C21H25ClN2O4S. The number of benzene rings is 1. The monoisotopic (exact) mass is 436 g/mol. The van der Waals surface area contributed by atoms with Crippen molar-refractivity contribution in [3.63, 3.8) is 0 Å². The number of amides is 3. The Kier molecular flexibility index (Phi) is 8.79. The fourth-order valence-electron chi connectivity index (χ4n) is 2.80. The van der Waals surface area contributed by atoms with Crippen LogP contribution in [-0.2, 0) is 9.59 Å². The fourth-order valence-corrected chi connectivity index (χ4v) is 3.88. The van der Waals surface area contributed by atoms with Gasteiger partial charge in [-0.15, -0.1) is 0 Å². The van der Waals surface area contributed by atoms with Crippen molar-refractivity contribution in [3.05, 3.63) is 46.3 Å². The van der Waals surface area contributed by atoms with E-state index in [1.807, 2.05) is 13.8 Å². The van der Waals surface area contributed by atoms with Gasteiger partial charge in [0.2, 0.25) is 5.91 Å². The number of halogens is 1. The molecule has 0 unspecified atom stereocenters. The predicted octanol–water partition coefficient (Wildman–Crippen LogP) is 4.59. The summed E-state index contributed by atoms with van der Waals surface area (Å²) >= 11 is 7.02. The summed E-state index contributed by atoms with van der Waals surface area (Å²) in [4.78, 5) is 40.4. The Morgan fingerprint density at radius 3 is 2.55 bits per heavy atom. The van der Waals surface area contributed by atoms with Crippen LogP contribution in [0.2, 0.25) is 5.02 Å². The summed E-state index contributed by atoms with van der Waals surface area (Å²) in [5, 5.41) is -0.0515. The van der Waals surface area contributed by atoms with Crippen LogP contribution >= 0.6 is 23.4 Å². The van der Waals surface area contributed by atoms with Crippen LogP contribution in [0.25, 0.3) is 6.08 Å². The van der Waals surface area contributed by atoms with Gasteiger partial charge in [-0.1, -0.05) is 44.2 Å². The first kappa shape index (κ1) is 23.0. The van der Waals surface area contributed by atoms with Gasteiger partial charge in [0, 0.05) is 13.1 Å². The van der Waals surface area contributed by atoms with Crippen LogP contribution in [0, 0.1) is 0 Å². The highest BCUT2D eigenvalue weighted by Gasteiger charge is 2.37. The lowest BCUT2D eigenvalue weighted by molar-refractivity contribution is -0.135. The van der Waals surface area contributed by atoms with E-state index in [-0.39, 0.29) is 17.4 Å². The smallest absolute Gasteiger partial charge is 0.294 e. The molecule has 1 saturated heterocycles. The lowest BCUT2D eigenvalue weighted by atomic mass is 10.2. The lowest BCUT2D eigenvalue weighted by Crippen LogP contribution is -2.42. The summed E-state index contributed by atoms with van der Waals surface area (Å²) in [6, 6.07) is 5.09. The first-order valence-corrected chi connectivity index (χ1v) is 10.7. The summed E-state index contributed by atoms with van der Waals surface area (Å²) < 4.78 is 5.42. The van der Waals surface area contributed by atoms with E-state index in [1.54, 1.807) is 35.3 Å². The van der Waals surface area contributed by atoms with Crippen LogP contribution in [0.1, 0.15) is 32.3 Å². The summed E-state index contributed by atoms with van der Waals surface area (Å²) in [5.41, 5.74) is 0.663. The van der Waals surface area contributed by atoms with Crippen LogP contribution in [0.4, 0.5) is 4.79 Å². The Balaban J connectivity index is 2.12. The number of hydrogen-bond acceptors (Lipinski definition) is 5. The van der Waals surface area contributed by atoms with Crippen molar-refractivity contribution in [2.24, 2.45) is 0 Å². The van der Waals surface area contributed by atoms with E-state index < -0.39 is 11.1 Å². The normalized spacial score (nSPS) is 15.1. The lowest BCUT2D eigenvalue weighted by Gasteiger charge is -2.23. The highest BCUT2D eigenvalue weighted by molar-refractivity contribution is 8.18. The van der Waals surface area contributed by atoms with E-state index in [4.69, 9.17) is 16.3 Å². The number of nitrogens with zero attached hydrogens (tertiary/aromatic N) is 2.